The van der Waals surface area contributed by atoms with Gasteiger partial charge in [0.25, 0.3) is 0 Å². The number of hydrogen-bond donors (Lipinski definition) is 1. The number of amides is 1. The van der Waals surface area contributed by atoms with Gasteiger partial charge in [0.15, 0.2) is 0 Å². The summed E-state index contributed by atoms with van der Waals surface area (Å²) < 4.78 is 1.74. The van der Waals surface area contributed by atoms with Gasteiger partial charge in [-0.2, -0.15) is 0 Å². The largest absolute Gasteiger partial charge is 0.388 e. The minimum atomic E-state index is -0.514. The van der Waals surface area contributed by atoms with Gasteiger partial charge in [-0.1, -0.05) is 35.5 Å². The van der Waals surface area contributed by atoms with Gasteiger partial charge in [0.2, 0.25) is 5.91 Å². The first kappa shape index (κ1) is 16.6. The first-order valence-electron chi connectivity index (χ1n) is 8.60. The van der Waals surface area contributed by atoms with Gasteiger partial charge in [0.1, 0.15) is 0 Å². The molecular formula is C18H24N4O2. The summed E-state index contributed by atoms with van der Waals surface area (Å²) in [5.41, 5.74) is 0.919. The topological polar surface area (TPSA) is 71.2 Å². The van der Waals surface area contributed by atoms with Crippen molar-refractivity contribution in [3.8, 4) is 0 Å². The predicted molar refractivity (Wildman–Crippen MR) is 90.0 cm³/mol. The van der Waals surface area contributed by atoms with Crippen LogP contribution in [0.2, 0.25) is 0 Å². The molecule has 1 amide bonds. The highest BCUT2D eigenvalue weighted by Crippen LogP contribution is 2.28. The fourth-order valence-electron chi connectivity index (χ4n) is 3.37. The van der Waals surface area contributed by atoms with Crippen molar-refractivity contribution in [1.29, 1.82) is 0 Å². The number of carbonyl (C=O) groups is 1. The van der Waals surface area contributed by atoms with Crippen molar-refractivity contribution in [2.45, 2.75) is 50.8 Å². The lowest BCUT2D eigenvalue weighted by molar-refractivity contribution is -0.132. The molecule has 1 fully saturated rings. The van der Waals surface area contributed by atoms with E-state index in [0.717, 1.165) is 31.4 Å². The summed E-state index contributed by atoms with van der Waals surface area (Å²) in [6.45, 7) is 1.51. The number of benzene rings is 1. The molecule has 1 aromatic heterocycles. The third kappa shape index (κ3) is 4.20. The van der Waals surface area contributed by atoms with Crippen molar-refractivity contribution in [1.82, 2.24) is 19.9 Å². The normalized spacial score (nSPS) is 18.7. The van der Waals surface area contributed by atoms with Gasteiger partial charge in [-0.25, -0.2) is 0 Å². The number of aliphatic hydroxyl groups is 1. The van der Waals surface area contributed by atoms with Gasteiger partial charge < -0.3 is 10.0 Å². The second-order valence-corrected chi connectivity index (χ2v) is 6.32. The highest BCUT2D eigenvalue weighted by molar-refractivity contribution is 5.76. The Morgan fingerprint density at radius 3 is 2.92 bits per heavy atom. The highest BCUT2D eigenvalue weighted by atomic mass is 16.3. The molecule has 1 saturated heterocycles. The number of rotatable bonds is 7. The summed E-state index contributed by atoms with van der Waals surface area (Å²) >= 11 is 0. The number of carbonyl (C=O) groups excluding carboxylic acids is 1. The molecule has 1 aromatic carbocycles. The Kier molecular flexibility index (Phi) is 5.59. The molecule has 2 atom stereocenters. The van der Waals surface area contributed by atoms with Crippen LogP contribution in [0.1, 0.15) is 43.8 Å². The molecule has 1 aliphatic heterocycles. The molecule has 6 heteroatoms. The van der Waals surface area contributed by atoms with E-state index in [1.54, 1.807) is 17.1 Å². The van der Waals surface area contributed by atoms with E-state index in [1.807, 2.05) is 35.2 Å². The molecule has 0 aliphatic carbocycles. The van der Waals surface area contributed by atoms with Gasteiger partial charge >= 0.3 is 0 Å². The van der Waals surface area contributed by atoms with Crippen LogP contribution >= 0.6 is 0 Å². The number of aliphatic hydroxyl groups excluding tert-OH is 1. The molecule has 2 aromatic rings. The van der Waals surface area contributed by atoms with Gasteiger partial charge in [-0.15, -0.1) is 5.10 Å². The Labute approximate surface area is 142 Å². The molecule has 0 radical (unpaired) electrons. The maximum atomic E-state index is 12.5. The smallest absolute Gasteiger partial charge is 0.222 e. The van der Waals surface area contributed by atoms with Crippen LogP contribution in [0.5, 0.6) is 0 Å². The van der Waals surface area contributed by atoms with Crippen molar-refractivity contribution in [3.63, 3.8) is 0 Å². The molecule has 1 N–H and O–H groups in total. The zero-order valence-corrected chi connectivity index (χ0v) is 13.8. The lowest BCUT2D eigenvalue weighted by atomic mass is 10.0. The molecule has 0 saturated carbocycles. The summed E-state index contributed by atoms with van der Waals surface area (Å²) in [4.78, 5) is 14.5. The van der Waals surface area contributed by atoms with Crippen LogP contribution in [0.15, 0.2) is 42.7 Å². The van der Waals surface area contributed by atoms with E-state index in [1.165, 1.54) is 0 Å². The van der Waals surface area contributed by atoms with E-state index >= 15 is 0 Å². The third-order valence-electron chi connectivity index (χ3n) is 4.63. The quantitative estimate of drug-likeness (QED) is 0.845. The second-order valence-electron chi connectivity index (χ2n) is 6.32. The Bertz CT molecular complexity index is 630. The summed E-state index contributed by atoms with van der Waals surface area (Å²) in [7, 11) is 0. The number of aromatic nitrogens is 3. The molecular weight excluding hydrogens is 304 g/mol. The molecule has 6 nitrogen and oxygen atoms in total. The molecule has 24 heavy (non-hydrogen) atoms. The van der Waals surface area contributed by atoms with Crippen LogP contribution in [-0.4, -0.2) is 43.5 Å². The number of likely N-dealkylation sites (tertiary alicyclic amines) is 1. The van der Waals surface area contributed by atoms with Crippen molar-refractivity contribution >= 4 is 5.91 Å². The Hall–Kier alpha value is -2.21. The monoisotopic (exact) mass is 328 g/mol. The molecule has 2 unspecified atom stereocenters. The van der Waals surface area contributed by atoms with Crippen molar-refractivity contribution in [2.24, 2.45) is 0 Å². The van der Waals surface area contributed by atoms with Crippen LogP contribution in [0.3, 0.4) is 0 Å². The maximum absolute atomic E-state index is 12.5. The molecule has 3 rings (SSSR count). The first-order valence-corrected chi connectivity index (χ1v) is 8.60. The molecule has 0 spiro atoms. The molecule has 1 aliphatic rings. The van der Waals surface area contributed by atoms with E-state index in [2.05, 4.69) is 10.3 Å². The summed E-state index contributed by atoms with van der Waals surface area (Å²) in [6, 6.07) is 9.81. The molecule has 0 bridgehead atoms. The van der Waals surface area contributed by atoms with Gasteiger partial charge in [0, 0.05) is 31.7 Å². The van der Waals surface area contributed by atoms with E-state index in [4.69, 9.17) is 0 Å². The first-order chi connectivity index (χ1) is 11.7. The average molecular weight is 328 g/mol. The number of hydrogen-bond acceptors (Lipinski definition) is 4. The minimum absolute atomic E-state index is 0.138. The van der Waals surface area contributed by atoms with E-state index < -0.39 is 6.10 Å². The Morgan fingerprint density at radius 2 is 2.17 bits per heavy atom. The lowest BCUT2D eigenvalue weighted by Crippen LogP contribution is -2.36. The third-order valence-corrected chi connectivity index (χ3v) is 4.63. The van der Waals surface area contributed by atoms with Gasteiger partial charge in [-0.3, -0.25) is 9.48 Å². The van der Waals surface area contributed by atoms with Crippen molar-refractivity contribution < 1.29 is 9.90 Å². The Morgan fingerprint density at radius 1 is 1.33 bits per heavy atom. The van der Waals surface area contributed by atoms with E-state index in [9.17, 15) is 9.90 Å². The minimum Gasteiger partial charge on any atom is -0.388 e. The predicted octanol–water partition coefficient (Wildman–Crippen LogP) is 2.17. The fraction of sp³-hybridized carbons (Fsp3) is 0.500. The second kappa shape index (κ2) is 8.06. The van der Waals surface area contributed by atoms with Gasteiger partial charge in [-0.05, 0) is 31.2 Å². The standard InChI is InChI=1S/C18H24N4O2/c23-17(15-6-2-1-3-7-15)14-16-8-4-12-22(16)18(24)9-5-11-21-13-10-19-20-21/h1-3,6-7,10,13,16-17,23H,4-5,8-9,11-12,14H2. The lowest BCUT2D eigenvalue weighted by Gasteiger charge is -2.27. The zero-order chi connectivity index (χ0) is 16.8. The summed E-state index contributed by atoms with van der Waals surface area (Å²) in [6.07, 6.45) is 6.80. The SMILES string of the molecule is O=C(CCCn1ccnn1)N1CCCC1CC(O)c1ccccc1. The van der Waals surface area contributed by atoms with Crippen LogP contribution < -0.4 is 0 Å². The number of aryl methyl sites for hydroxylation is 1. The van der Waals surface area contributed by atoms with Crippen LogP contribution in [0.25, 0.3) is 0 Å². The van der Waals surface area contributed by atoms with Gasteiger partial charge in [0.05, 0.1) is 12.3 Å². The fourth-order valence-corrected chi connectivity index (χ4v) is 3.37. The van der Waals surface area contributed by atoms with Crippen LogP contribution in [0, 0.1) is 0 Å². The summed E-state index contributed by atoms with van der Waals surface area (Å²) in [5.74, 6) is 0.179. The molecule has 128 valence electrons. The van der Waals surface area contributed by atoms with Crippen molar-refractivity contribution in [2.75, 3.05) is 6.54 Å². The van der Waals surface area contributed by atoms with E-state index in [0.29, 0.717) is 19.4 Å². The maximum Gasteiger partial charge on any atom is 0.222 e. The van der Waals surface area contributed by atoms with Crippen molar-refractivity contribution in [3.05, 3.63) is 48.3 Å². The molecule has 2 heterocycles. The highest BCUT2D eigenvalue weighted by Gasteiger charge is 2.30. The van der Waals surface area contributed by atoms with E-state index in [-0.39, 0.29) is 11.9 Å². The average Bonchev–Trinajstić information content (AvgIpc) is 3.27. The number of nitrogens with zero attached hydrogens (tertiary/aromatic N) is 4. The zero-order valence-electron chi connectivity index (χ0n) is 13.8. The Balaban J connectivity index is 1.50. The summed E-state index contributed by atoms with van der Waals surface area (Å²) in [5, 5.41) is 18.1. The van der Waals surface area contributed by atoms with Crippen LogP contribution in [0.4, 0.5) is 0 Å². The van der Waals surface area contributed by atoms with Crippen LogP contribution in [-0.2, 0) is 11.3 Å².